The number of fused-ring (bicyclic) bond motifs is 1. The standard InChI is InChI=1S/C24H22FN3O2/c1-16-4-6-17(7-5-16)14-27-22(29)13-21-23-20(3-2-12-26-23)24(30)28(21)15-18-8-10-19(25)11-9-18/h2-12,21H,13-15H2,1H3,(H,27,29). The number of aromatic nitrogens is 1. The molecule has 5 nitrogen and oxygen atoms in total. The van der Waals surface area contributed by atoms with Crippen LogP contribution in [0.25, 0.3) is 0 Å². The second-order valence-corrected chi connectivity index (χ2v) is 7.48. The van der Waals surface area contributed by atoms with Crippen LogP contribution < -0.4 is 5.32 Å². The van der Waals surface area contributed by atoms with Gasteiger partial charge in [-0.2, -0.15) is 0 Å². The van der Waals surface area contributed by atoms with E-state index in [9.17, 15) is 14.0 Å². The summed E-state index contributed by atoms with van der Waals surface area (Å²) in [6.45, 7) is 2.72. The van der Waals surface area contributed by atoms with E-state index in [-0.39, 0.29) is 30.6 Å². The van der Waals surface area contributed by atoms with Gasteiger partial charge in [0.05, 0.1) is 23.7 Å². The predicted octanol–water partition coefficient (Wildman–Crippen LogP) is 3.93. The number of nitrogens with one attached hydrogen (secondary N) is 1. The summed E-state index contributed by atoms with van der Waals surface area (Å²) < 4.78 is 13.2. The van der Waals surface area contributed by atoms with Crippen LogP contribution in [0.15, 0.2) is 66.9 Å². The summed E-state index contributed by atoms with van der Waals surface area (Å²) in [7, 11) is 0. The quantitative estimate of drug-likeness (QED) is 0.678. The minimum Gasteiger partial charge on any atom is -0.352 e. The summed E-state index contributed by atoms with van der Waals surface area (Å²) in [6, 6.07) is 17.0. The molecule has 1 aromatic heterocycles. The molecule has 2 heterocycles. The van der Waals surface area contributed by atoms with Gasteiger partial charge in [0.25, 0.3) is 5.91 Å². The predicted molar refractivity (Wildman–Crippen MR) is 111 cm³/mol. The van der Waals surface area contributed by atoms with Gasteiger partial charge in [0.2, 0.25) is 5.91 Å². The molecule has 0 aliphatic carbocycles. The van der Waals surface area contributed by atoms with Crippen LogP contribution in [0.2, 0.25) is 0 Å². The molecular weight excluding hydrogens is 381 g/mol. The molecule has 0 saturated heterocycles. The fourth-order valence-electron chi connectivity index (χ4n) is 3.64. The van der Waals surface area contributed by atoms with Crippen LogP contribution in [-0.4, -0.2) is 21.7 Å². The molecule has 0 fully saturated rings. The third-order valence-electron chi connectivity index (χ3n) is 5.28. The molecule has 1 aliphatic heterocycles. The number of hydrogen-bond donors (Lipinski definition) is 1. The number of hydrogen-bond acceptors (Lipinski definition) is 3. The maximum absolute atomic E-state index is 13.2. The fraction of sp³-hybridized carbons (Fsp3) is 0.208. The number of carbonyl (C=O) groups excluding carboxylic acids is 2. The van der Waals surface area contributed by atoms with Crippen LogP contribution in [0, 0.1) is 12.7 Å². The molecule has 1 atom stereocenters. The Balaban J connectivity index is 1.50. The molecule has 2 amide bonds. The Labute approximate surface area is 174 Å². The van der Waals surface area contributed by atoms with E-state index in [1.165, 1.54) is 12.1 Å². The Morgan fingerprint density at radius 3 is 2.50 bits per heavy atom. The van der Waals surface area contributed by atoms with Gasteiger partial charge in [0, 0.05) is 19.3 Å². The summed E-state index contributed by atoms with van der Waals surface area (Å²) in [6.07, 6.45) is 1.74. The molecule has 0 spiro atoms. The van der Waals surface area contributed by atoms with E-state index in [0.717, 1.165) is 16.7 Å². The highest BCUT2D eigenvalue weighted by atomic mass is 19.1. The van der Waals surface area contributed by atoms with E-state index in [1.807, 2.05) is 31.2 Å². The molecule has 2 aromatic carbocycles. The topological polar surface area (TPSA) is 62.3 Å². The lowest BCUT2D eigenvalue weighted by molar-refractivity contribution is -0.122. The molecule has 0 saturated carbocycles. The first-order chi connectivity index (χ1) is 14.5. The zero-order chi connectivity index (χ0) is 21.1. The molecule has 1 unspecified atom stereocenters. The minimum atomic E-state index is -0.461. The van der Waals surface area contributed by atoms with E-state index in [4.69, 9.17) is 0 Å². The lowest BCUT2D eigenvalue weighted by Crippen LogP contribution is -2.32. The van der Waals surface area contributed by atoms with Crippen LogP contribution in [-0.2, 0) is 17.9 Å². The number of carbonyl (C=O) groups is 2. The molecular formula is C24H22FN3O2. The minimum absolute atomic E-state index is 0.114. The number of benzene rings is 2. The van der Waals surface area contributed by atoms with Crippen LogP contribution in [0.4, 0.5) is 4.39 Å². The second-order valence-electron chi connectivity index (χ2n) is 7.48. The molecule has 0 bridgehead atoms. The Morgan fingerprint density at radius 1 is 1.07 bits per heavy atom. The zero-order valence-electron chi connectivity index (χ0n) is 16.6. The first-order valence-electron chi connectivity index (χ1n) is 9.84. The van der Waals surface area contributed by atoms with Gasteiger partial charge in [0.15, 0.2) is 0 Å². The van der Waals surface area contributed by atoms with Crippen molar-refractivity contribution in [1.29, 1.82) is 0 Å². The van der Waals surface area contributed by atoms with Crippen LogP contribution in [0.5, 0.6) is 0 Å². The number of nitrogens with zero attached hydrogens (tertiary/aromatic N) is 2. The highest BCUT2D eigenvalue weighted by Crippen LogP contribution is 2.35. The van der Waals surface area contributed by atoms with Crippen molar-refractivity contribution in [2.75, 3.05) is 0 Å². The van der Waals surface area contributed by atoms with Gasteiger partial charge in [0.1, 0.15) is 5.82 Å². The Kier molecular flexibility index (Phi) is 5.57. The van der Waals surface area contributed by atoms with Gasteiger partial charge in [-0.25, -0.2) is 4.39 Å². The summed E-state index contributed by atoms with van der Waals surface area (Å²) >= 11 is 0. The SMILES string of the molecule is Cc1ccc(CNC(=O)CC2c3ncccc3C(=O)N2Cc2ccc(F)cc2)cc1. The van der Waals surface area contributed by atoms with Gasteiger partial charge >= 0.3 is 0 Å². The summed E-state index contributed by atoms with van der Waals surface area (Å²) in [5.41, 5.74) is 4.08. The molecule has 6 heteroatoms. The maximum atomic E-state index is 13.2. The number of pyridine rings is 1. The average molecular weight is 403 g/mol. The first-order valence-corrected chi connectivity index (χ1v) is 9.84. The van der Waals surface area contributed by atoms with Gasteiger partial charge in [-0.15, -0.1) is 0 Å². The Bertz CT molecular complexity index is 1060. The summed E-state index contributed by atoms with van der Waals surface area (Å²) in [5, 5.41) is 2.93. The third-order valence-corrected chi connectivity index (χ3v) is 5.28. The van der Waals surface area contributed by atoms with Gasteiger partial charge < -0.3 is 10.2 Å². The smallest absolute Gasteiger partial charge is 0.256 e. The van der Waals surface area contributed by atoms with Crippen molar-refractivity contribution in [3.05, 3.63) is 101 Å². The van der Waals surface area contributed by atoms with Crippen molar-refractivity contribution in [2.45, 2.75) is 32.5 Å². The van der Waals surface area contributed by atoms with E-state index in [0.29, 0.717) is 17.8 Å². The third kappa shape index (κ3) is 4.22. The molecule has 4 rings (SSSR count). The molecule has 30 heavy (non-hydrogen) atoms. The highest BCUT2D eigenvalue weighted by Gasteiger charge is 2.38. The first kappa shape index (κ1) is 19.8. The fourth-order valence-corrected chi connectivity index (χ4v) is 3.64. The Hall–Kier alpha value is -3.54. The van der Waals surface area contributed by atoms with E-state index in [2.05, 4.69) is 10.3 Å². The van der Waals surface area contributed by atoms with Crippen molar-refractivity contribution in [2.24, 2.45) is 0 Å². The van der Waals surface area contributed by atoms with E-state index < -0.39 is 6.04 Å². The monoisotopic (exact) mass is 403 g/mol. The van der Waals surface area contributed by atoms with E-state index in [1.54, 1.807) is 35.4 Å². The largest absolute Gasteiger partial charge is 0.352 e. The Morgan fingerprint density at radius 2 is 1.77 bits per heavy atom. The van der Waals surface area contributed by atoms with Gasteiger partial charge in [-0.3, -0.25) is 14.6 Å². The number of halogens is 1. The summed E-state index contributed by atoms with van der Waals surface area (Å²) in [4.78, 5) is 31.6. The van der Waals surface area contributed by atoms with Crippen LogP contribution in [0.3, 0.4) is 0 Å². The second kappa shape index (κ2) is 8.45. The zero-order valence-corrected chi connectivity index (χ0v) is 16.6. The van der Waals surface area contributed by atoms with Crippen LogP contribution in [0.1, 0.15) is 45.2 Å². The van der Waals surface area contributed by atoms with Crippen molar-refractivity contribution >= 4 is 11.8 Å². The number of rotatable bonds is 6. The molecule has 0 radical (unpaired) electrons. The van der Waals surface area contributed by atoms with Crippen molar-refractivity contribution in [3.8, 4) is 0 Å². The van der Waals surface area contributed by atoms with Crippen molar-refractivity contribution < 1.29 is 14.0 Å². The lowest BCUT2D eigenvalue weighted by atomic mass is 10.1. The molecule has 3 aromatic rings. The lowest BCUT2D eigenvalue weighted by Gasteiger charge is -2.24. The molecule has 1 N–H and O–H groups in total. The van der Waals surface area contributed by atoms with Crippen molar-refractivity contribution in [3.63, 3.8) is 0 Å². The van der Waals surface area contributed by atoms with Crippen molar-refractivity contribution in [1.82, 2.24) is 15.2 Å². The highest BCUT2D eigenvalue weighted by molar-refractivity contribution is 5.99. The normalized spacial score (nSPS) is 15.2. The van der Waals surface area contributed by atoms with Gasteiger partial charge in [-0.05, 0) is 42.3 Å². The average Bonchev–Trinajstić information content (AvgIpc) is 3.01. The number of aryl methyl sites for hydroxylation is 1. The maximum Gasteiger partial charge on any atom is 0.256 e. The number of amides is 2. The van der Waals surface area contributed by atoms with Gasteiger partial charge in [-0.1, -0.05) is 42.0 Å². The van der Waals surface area contributed by atoms with Crippen LogP contribution >= 0.6 is 0 Å². The molecule has 152 valence electrons. The molecule has 1 aliphatic rings. The summed E-state index contributed by atoms with van der Waals surface area (Å²) in [5.74, 6) is -0.654. The van der Waals surface area contributed by atoms with E-state index >= 15 is 0 Å².